The molecule has 22 heavy (non-hydrogen) atoms. The molecule has 3 heterocycles. The summed E-state index contributed by atoms with van der Waals surface area (Å²) in [5, 5.41) is 7.32. The number of anilines is 1. The first-order valence-electron chi connectivity index (χ1n) is 7.94. The van der Waals surface area contributed by atoms with E-state index in [4.69, 9.17) is 4.74 Å². The highest BCUT2D eigenvalue weighted by atomic mass is 16.5. The molecule has 0 aromatic heterocycles. The standard InChI is InChI=1S/C19H18N2O/c1-2-4-16-12(3-1)9-15-11-20-18(19(15)21-16)14-5-6-17-13(10-14)7-8-22-17/h1-6,10,18,20-21H,7-9,11H2. The lowest BCUT2D eigenvalue weighted by molar-refractivity contribution is 0.357. The van der Waals surface area contributed by atoms with Crippen molar-refractivity contribution < 1.29 is 4.74 Å². The van der Waals surface area contributed by atoms with Crippen molar-refractivity contribution in [1.82, 2.24) is 5.32 Å². The van der Waals surface area contributed by atoms with Crippen molar-refractivity contribution in [3.8, 4) is 5.75 Å². The Bertz CT molecular complexity index is 794. The van der Waals surface area contributed by atoms with Crippen LogP contribution in [-0.2, 0) is 12.8 Å². The van der Waals surface area contributed by atoms with Crippen LogP contribution in [0.25, 0.3) is 0 Å². The number of benzene rings is 2. The first kappa shape index (κ1) is 12.3. The summed E-state index contributed by atoms with van der Waals surface area (Å²) in [5.41, 5.74) is 8.15. The van der Waals surface area contributed by atoms with Crippen molar-refractivity contribution in [2.45, 2.75) is 18.9 Å². The van der Waals surface area contributed by atoms with Gasteiger partial charge in [-0.3, -0.25) is 0 Å². The fourth-order valence-electron chi connectivity index (χ4n) is 3.79. The van der Waals surface area contributed by atoms with Crippen molar-refractivity contribution in [3.05, 3.63) is 70.4 Å². The molecule has 3 heteroatoms. The van der Waals surface area contributed by atoms with Crippen LogP contribution in [0.3, 0.4) is 0 Å². The monoisotopic (exact) mass is 290 g/mol. The maximum Gasteiger partial charge on any atom is 0.122 e. The number of hydrogen-bond acceptors (Lipinski definition) is 3. The van der Waals surface area contributed by atoms with Crippen molar-refractivity contribution in [1.29, 1.82) is 0 Å². The van der Waals surface area contributed by atoms with Crippen molar-refractivity contribution in [2.75, 3.05) is 18.5 Å². The zero-order chi connectivity index (χ0) is 14.5. The summed E-state index contributed by atoms with van der Waals surface area (Å²) in [6, 6.07) is 15.5. The van der Waals surface area contributed by atoms with Crippen LogP contribution in [0, 0.1) is 0 Å². The summed E-state index contributed by atoms with van der Waals surface area (Å²) in [6.45, 7) is 1.78. The fraction of sp³-hybridized carbons (Fsp3) is 0.263. The molecule has 2 N–H and O–H groups in total. The summed E-state index contributed by atoms with van der Waals surface area (Å²) in [4.78, 5) is 0. The number of fused-ring (bicyclic) bond motifs is 2. The Morgan fingerprint density at radius 1 is 1.05 bits per heavy atom. The van der Waals surface area contributed by atoms with E-state index in [0.717, 1.165) is 31.7 Å². The quantitative estimate of drug-likeness (QED) is 0.846. The molecule has 1 unspecified atom stereocenters. The highest BCUT2D eigenvalue weighted by Crippen LogP contribution is 2.38. The molecular formula is C19H18N2O. The van der Waals surface area contributed by atoms with Gasteiger partial charge in [-0.15, -0.1) is 0 Å². The maximum absolute atomic E-state index is 5.62. The Morgan fingerprint density at radius 2 is 2.00 bits per heavy atom. The molecule has 2 aromatic carbocycles. The molecule has 0 spiro atoms. The van der Waals surface area contributed by atoms with Crippen molar-refractivity contribution in [3.63, 3.8) is 0 Å². The Balaban J connectivity index is 1.51. The van der Waals surface area contributed by atoms with Crippen LogP contribution in [0.2, 0.25) is 0 Å². The molecule has 0 aliphatic carbocycles. The van der Waals surface area contributed by atoms with E-state index in [-0.39, 0.29) is 6.04 Å². The molecule has 5 rings (SSSR count). The van der Waals surface area contributed by atoms with E-state index in [2.05, 4.69) is 53.1 Å². The topological polar surface area (TPSA) is 33.3 Å². The number of hydrogen-bond donors (Lipinski definition) is 2. The summed E-state index contributed by atoms with van der Waals surface area (Å²) in [6.07, 6.45) is 2.08. The molecule has 0 bridgehead atoms. The average Bonchev–Trinajstić information content (AvgIpc) is 3.18. The van der Waals surface area contributed by atoms with Gasteiger partial charge in [0.25, 0.3) is 0 Å². The minimum absolute atomic E-state index is 0.272. The lowest BCUT2D eigenvalue weighted by Crippen LogP contribution is -2.19. The average molecular weight is 290 g/mol. The third-order valence-corrected chi connectivity index (χ3v) is 4.93. The third kappa shape index (κ3) is 1.79. The molecule has 0 radical (unpaired) electrons. The molecule has 0 fully saturated rings. The predicted molar refractivity (Wildman–Crippen MR) is 87.2 cm³/mol. The number of nitrogens with one attached hydrogen (secondary N) is 2. The second-order valence-corrected chi connectivity index (χ2v) is 6.26. The highest BCUT2D eigenvalue weighted by molar-refractivity contribution is 5.63. The van der Waals surface area contributed by atoms with Gasteiger partial charge in [-0.1, -0.05) is 30.3 Å². The van der Waals surface area contributed by atoms with Crippen LogP contribution in [-0.4, -0.2) is 13.2 Å². The minimum atomic E-state index is 0.272. The Hall–Kier alpha value is -2.26. The van der Waals surface area contributed by atoms with E-state index in [1.807, 2.05) is 0 Å². The van der Waals surface area contributed by atoms with Gasteiger partial charge >= 0.3 is 0 Å². The molecule has 0 saturated heterocycles. The van der Waals surface area contributed by atoms with Crippen LogP contribution < -0.4 is 15.4 Å². The molecular weight excluding hydrogens is 272 g/mol. The molecule has 110 valence electrons. The fourth-order valence-corrected chi connectivity index (χ4v) is 3.79. The first-order chi connectivity index (χ1) is 10.9. The van der Waals surface area contributed by atoms with Crippen LogP contribution in [0.4, 0.5) is 5.69 Å². The number of para-hydroxylation sites is 1. The largest absolute Gasteiger partial charge is 0.493 e. The lowest BCUT2D eigenvalue weighted by atomic mass is 9.94. The van der Waals surface area contributed by atoms with Crippen molar-refractivity contribution >= 4 is 5.69 Å². The van der Waals surface area contributed by atoms with E-state index in [0.29, 0.717) is 0 Å². The Labute approximate surface area is 130 Å². The molecule has 0 saturated carbocycles. The van der Waals surface area contributed by atoms with E-state index in [9.17, 15) is 0 Å². The zero-order valence-corrected chi connectivity index (χ0v) is 12.4. The van der Waals surface area contributed by atoms with Gasteiger partial charge in [0.15, 0.2) is 0 Å². The zero-order valence-electron chi connectivity index (χ0n) is 12.4. The van der Waals surface area contributed by atoms with Gasteiger partial charge < -0.3 is 15.4 Å². The van der Waals surface area contributed by atoms with Crippen molar-refractivity contribution in [2.24, 2.45) is 0 Å². The molecule has 2 aromatic rings. The number of rotatable bonds is 1. The van der Waals surface area contributed by atoms with Gasteiger partial charge in [-0.25, -0.2) is 0 Å². The summed E-state index contributed by atoms with van der Waals surface area (Å²) >= 11 is 0. The van der Waals surface area contributed by atoms with Crippen LogP contribution >= 0.6 is 0 Å². The number of ether oxygens (including phenoxy) is 1. The van der Waals surface area contributed by atoms with Crippen LogP contribution in [0.1, 0.15) is 22.7 Å². The van der Waals surface area contributed by atoms with Gasteiger partial charge in [-0.2, -0.15) is 0 Å². The van der Waals surface area contributed by atoms with Gasteiger partial charge in [-0.05, 0) is 40.8 Å². The van der Waals surface area contributed by atoms with Crippen LogP contribution in [0.5, 0.6) is 5.75 Å². The smallest absolute Gasteiger partial charge is 0.122 e. The van der Waals surface area contributed by atoms with Gasteiger partial charge in [0.05, 0.1) is 12.6 Å². The van der Waals surface area contributed by atoms with E-state index < -0.39 is 0 Å². The second kappa shape index (κ2) is 4.62. The minimum Gasteiger partial charge on any atom is -0.493 e. The first-order valence-corrected chi connectivity index (χ1v) is 7.94. The highest BCUT2D eigenvalue weighted by Gasteiger charge is 2.30. The lowest BCUT2D eigenvalue weighted by Gasteiger charge is -2.24. The summed E-state index contributed by atoms with van der Waals surface area (Å²) in [7, 11) is 0. The molecule has 3 aliphatic heterocycles. The molecule has 3 aliphatic rings. The second-order valence-electron chi connectivity index (χ2n) is 6.26. The summed E-state index contributed by atoms with van der Waals surface area (Å²) in [5.74, 6) is 1.05. The molecule has 0 amide bonds. The normalized spacial score (nSPS) is 21.7. The third-order valence-electron chi connectivity index (χ3n) is 4.93. The van der Waals surface area contributed by atoms with Crippen LogP contribution in [0.15, 0.2) is 53.7 Å². The van der Waals surface area contributed by atoms with E-state index >= 15 is 0 Å². The maximum atomic E-state index is 5.62. The van der Waals surface area contributed by atoms with Gasteiger partial charge in [0, 0.05) is 24.4 Å². The van der Waals surface area contributed by atoms with Gasteiger partial charge in [0.1, 0.15) is 5.75 Å². The van der Waals surface area contributed by atoms with E-state index in [1.165, 1.54) is 33.6 Å². The molecule has 3 nitrogen and oxygen atoms in total. The van der Waals surface area contributed by atoms with E-state index in [1.54, 1.807) is 0 Å². The summed E-state index contributed by atoms with van der Waals surface area (Å²) < 4.78 is 5.62. The predicted octanol–water partition coefficient (Wildman–Crippen LogP) is 3.19. The Morgan fingerprint density at radius 3 is 3.00 bits per heavy atom. The molecule has 1 atom stereocenters. The van der Waals surface area contributed by atoms with Gasteiger partial charge in [0.2, 0.25) is 0 Å². The Kier molecular flexibility index (Phi) is 2.58. The SMILES string of the molecule is c1ccc2c(c1)CC1=C(N2)C(c2ccc3c(c2)CCO3)NC1.